The van der Waals surface area contributed by atoms with Crippen molar-refractivity contribution in [2.24, 2.45) is 0 Å². The largest absolute Gasteiger partial charge is 0.303 e. The zero-order valence-corrected chi connectivity index (χ0v) is 17.4. The van der Waals surface area contributed by atoms with Gasteiger partial charge in [0.1, 0.15) is 5.82 Å². The number of thioether (sulfide) groups is 1. The van der Waals surface area contributed by atoms with Crippen LogP contribution in [0.25, 0.3) is 0 Å². The van der Waals surface area contributed by atoms with Gasteiger partial charge in [0.25, 0.3) is 0 Å². The van der Waals surface area contributed by atoms with Gasteiger partial charge in [0.15, 0.2) is 10.9 Å². The van der Waals surface area contributed by atoms with Crippen molar-refractivity contribution in [1.82, 2.24) is 14.8 Å². The second-order valence-corrected chi connectivity index (χ2v) is 9.52. The number of benzene rings is 1. The maximum atomic E-state index is 12.9. The van der Waals surface area contributed by atoms with Crippen LogP contribution in [0.4, 0.5) is 0 Å². The molecule has 0 radical (unpaired) electrons. The van der Waals surface area contributed by atoms with Crippen molar-refractivity contribution in [3.05, 3.63) is 63.1 Å². The molecule has 1 atom stereocenters. The summed E-state index contributed by atoms with van der Waals surface area (Å²) in [6.07, 6.45) is 3.15. The van der Waals surface area contributed by atoms with Crippen molar-refractivity contribution in [3.8, 4) is 0 Å². The van der Waals surface area contributed by atoms with E-state index in [1.54, 1.807) is 11.3 Å². The van der Waals surface area contributed by atoms with Crippen LogP contribution < -0.4 is 0 Å². The Bertz CT molecular complexity index is 958. The molecule has 1 fully saturated rings. The third-order valence-electron chi connectivity index (χ3n) is 5.00. The summed E-state index contributed by atoms with van der Waals surface area (Å²) in [5.74, 6) is 1.15. The van der Waals surface area contributed by atoms with Gasteiger partial charge in [-0.2, -0.15) is 0 Å². The maximum Gasteiger partial charge on any atom is 0.192 e. The van der Waals surface area contributed by atoms with Crippen LogP contribution in [0.5, 0.6) is 0 Å². The molecule has 0 bridgehead atoms. The maximum absolute atomic E-state index is 12.9. The first-order valence-corrected chi connectivity index (χ1v) is 11.0. The zero-order valence-electron chi connectivity index (χ0n) is 15.8. The molecule has 2 heterocycles. The first kappa shape index (κ1) is 18.4. The Morgan fingerprint density at radius 2 is 2.07 bits per heavy atom. The van der Waals surface area contributed by atoms with Gasteiger partial charge in [-0.1, -0.05) is 30.0 Å². The number of ketones is 1. The van der Waals surface area contributed by atoms with Crippen molar-refractivity contribution < 1.29 is 4.79 Å². The number of hydrogen-bond acceptors (Lipinski definition) is 5. The zero-order chi connectivity index (χ0) is 19.0. The van der Waals surface area contributed by atoms with Gasteiger partial charge in [-0.05, 0) is 62.3 Å². The molecular weight excluding hydrogens is 374 g/mol. The highest BCUT2D eigenvalue weighted by Crippen LogP contribution is 2.40. The first-order valence-electron chi connectivity index (χ1n) is 9.27. The molecule has 3 aromatic rings. The highest BCUT2D eigenvalue weighted by Gasteiger charge is 2.31. The lowest BCUT2D eigenvalue weighted by Crippen LogP contribution is -2.15. The second kappa shape index (κ2) is 7.60. The van der Waals surface area contributed by atoms with Crippen LogP contribution in [-0.4, -0.2) is 25.8 Å². The Balaban J connectivity index is 1.54. The van der Waals surface area contributed by atoms with E-state index >= 15 is 0 Å². The first-order chi connectivity index (χ1) is 13.0. The molecule has 0 amide bonds. The highest BCUT2D eigenvalue weighted by molar-refractivity contribution is 8.00. The number of carbonyl (C=O) groups excluding carboxylic acids is 1. The van der Waals surface area contributed by atoms with Gasteiger partial charge < -0.3 is 4.57 Å². The molecule has 0 saturated heterocycles. The number of nitrogens with zero attached hydrogens (tertiary/aromatic N) is 3. The number of thiophene rings is 1. The topological polar surface area (TPSA) is 47.8 Å². The molecular formula is C21H23N3OS2. The van der Waals surface area contributed by atoms with Crippen LogP contribution >= 0.6 is 23.1 Å². The standard InChI is InChI=1S/C21H23N3OS2/c1-13-6-7-16(11-14(13)2)20(25)15(3)27-21-23-22-19(24(21)17-8-9-17)12-18-5-4-10-26-18/h4-7,10-11,15,17H,8-9,12H2,1-3H3/t15-/m1/s1. The highest BCUT2D eigenvalue weighted by atomic mass is 32.2. The van der Waals surface area contributed by atoms with Gasteiger partial charge in [-0.25, -0.2) is 0 Å². The molecule has 4 rings (SSSR count). The number of rotatable bonds is 7. The molecule has 0 spiro atoms. The van der Waals surface area contributed by atoms with Gasteiger partial charge in [0.05, 0.1) is 5.25 Å². The van der Waals surface area contributed by atoms with Crippen molar-refractivity contribution in [2.75, 3.05) is 0 Å². The molecule has 6 heteroatoms. The Labute approximate surface area is 168 Å². The van der Waals surface area contributed by atoms with E-state index in [-0.39, 0.29) is 11.0 Å². The van der Waals surface area contributed by atoms with E-state index in [1.165, 1.54) is 35.0 Å². The molecule has 1 aliphatic rings. The van der Waals surface area contributed by atoms with Gasteiger partial charge in [0, 0.05) is 22.9 Å². The lowest BCUT2D eigenvalue weighted by molar-refractivity contribution is 0.0993. The number of Topliss-reactive ketones (excluding diaryl/α,β-unsaturated/α-hetero) is 1. The number of hydrogen-bond donors (Lipinski definition) is 0. The quantitative estimate of drug-likeness (QED) is 0.404. The molecule has 27 heavy (non-hydrogen) atoms. The lowest BCUT2D eigenvalue weighted by Gasteiger charge is -2.13. The Morgan fingerprint density at radius 3 is 2.74 bits per heavy atom. The van der Waals surface area contributed by atoms with Gasteiger partial charge >= 0.3 is 0 Å². The van der Waals surface area contributed by atoms with E-state index in [2.05, 4.69) is 39.2 Å². The minimum Gasteiger partial charge on any atom is -0.303 e. The average molecular weight is 398 g/mol. The smallest absolute Gasteiger partial charge is 0.192 e. The molecule has 0 aliphatic heterocycles. The Kier molecular flexibility index (Phi) is 5.19. The van der Waals surface area contributed by atoms with Crippen LogP contribution in [-0.2, 0) is 6.42 Å². The predicted molar refractivity (Wildman–Crippen MR) is 111 cm³/mol. The number of aryl methyl sites for hydroxylation is 2. The van der Waals surface area contributed by atoms with E-state index in [1.807, 2.05) is 32.0 Å². The van der Waals surface area contributed by atoms with Crippen molar-refractivity contribution in [2.45, 2.75) is 56.5 Å². The van der Waals surface area contributed by atoms with Crippen LogP contribution in [0.2, 0.25) is 0 Å². The van der Waals surface area contributed by atoms with Crippen LogP contribution in [0, 0.1) is 13.8 Å². The van der Waals surface area contributed by atoms with Gasteiger partial charge in [0.2, 0.25) is 0 Å². The fourth-order valence-corrected chi connectivity index (χ4v) is 4.83. The summed E-state index contributed by atoms with van der Waals surface area (Å²) in [4.78, 5) is 14.2. The summed E-state index contributed by atoms with van der Waals surface area (Å²) in [7, 11) is 0. The Morgan fingerprint density at radius 1 is 1.26 bits per heavy atom. The third kappa shape index (κ3) is 4.01. The minimum absolute atomic E-state index is 0.147. The minimum atomic E-state index is -0.191. The molecule has 0 unspecified atom stereocenters. The summed E-state index contributed by atoms with van der Waals surface area (Å²) in [5, 5.41) is 11.7. The average Bonchev–Trinajstić information content (AvgIpc) is 3.21. The summed E-state index contributed by atoms with van der Waals surface area (Å²) in [5.41, 5.74) is 3.13. The van der Waals surface area contributed by atoms with E-state index in [0.717, 1.165) is 28.5 Å². The number of aromatic nitrogens is 3. The molecule has 1 aliphatic carbocycles. The Hall–Kier alpha value is -1.92. The van der Waals surface area contributed by atoms with Gasteiger partial charge in [-0.15, -0.1) is 21.5 Å². The normalized spacial score (nSPS) is 15.1. The van der Waals surface area contributed by atoms with E-state index in [0.29, 0.717) is 6.04 Å². The molecule has 2 aromatic heterocycles. The fraction of sp³-hybridized carbons (Fsp3) is 0.381. The summed E-state index contributed by atoms with van der Waals surface area (Å²) < 4.78 is 2.26. The van der Waals surface area contributed by atoms with Gasteiger partial charge in [-0.3, -0.25) is 4.79 Å². The van der Waals surface area contributed by atoms with Crippen LogP contribution in [0.1, 0.15) is 58.0 Å². The fourth-order valence-electron chi connectivity index (χ4n) is 3.12. The number of carbonyl (C=O) groups is 1. The predicted octanol–water partition coefficient (Wildman–Crippen LogP) is 5.25. The van der Waals surface area contributed by atoms with Crippen molar-refractivity contribution >= 4 is 28.9 Å². The summed E-state index contributed by atoms with van der Waals surface area (Å²) >= 11 is 3.27. The molecule has 140 valence electrons. The third-order valence-corrected chi connectivity index (χ3v) is 6.94. The summed E-state index contributed by atoms with van der Waals surface area (Å²) in [6.45, 7) is 6.08. The van der Waals surface area contributed by atoms with E-state index in [4.69, 9.17) is 0 Å². The van der Waals surface area contributed by atoms with Crippen molar-refractivity contribution in [3.63, 3.8) is 0 Å². The lowest BCUT2D eigenvalue weighted by atomic mass is 10.0. The molecule has 1 aromatic carbocycles. The van der Waals surface area contributed by atoms with Crippen LogP contribution in [0.15, 0.2) is 40.9 Å². The molecule has 1 saturated carbocycles. The summed E-state index contributed by atoms with van der Waals surface area (Å²) in [6, 6.07) is 10.6. The monoisotopic (exact) mass is 397 g/mol. The molecule has 0 N–H and O–H groups in total. The SMILES string of the molecule is Cc1ccc(C(=O)[C@@H](C)Sc2nnc(Cc3cccs3)n2C2CC2)cc1C. The second-order valence-electron chi connectivity index (χ2n) is 7.18. The van der Waals surface area contributed by atoms with E-state index < -0.39 is 0 Å². The van der Waals surface area contributed by atoms with Crippen molar-refractivity contribution in [1.29, 1.82) is 0 Å². The van der Waals surface area contributed by atoms with Crippen LogP contribution in [0.3, 0.4) is 0 Å². The van der Waals surface area contributed by atoms with E-state index in [9.17, 15) is 4.79 Å². The molecule has 4 nitrogen and oxygen atoms in total.